The third-order valence-electron chi connectivity index (χ3n) is 5.49. The maximum absolute atomic E-state index is 12.8. The standard InChI is InChI=1S/C26H27N3O2/c1-18-11-13-20(14-12-18)25(19-7-3-2-4-8-19)27-17-24(30)29-23-10-6-5-9-22(23)26(31)28-21-15-16-21/h2-14,21,25,27H,15-17H2,1H3,(H,28,31)(H,29,30)/p+1/t25-/m0/s1. The molecule has 4 rings (SSSR count). The van der Waals surface area contributed by atoms with Crippen LogP contribution in [0.2, 0.25) is 0 Å². The zero-order chi connectivity index (χ0) is 21.6. The lowest BCUT2D eigenvalue weighted by Gasteiger charge is -2.17. The van der Waals surface area contributed by atoms with Gasteiger partial charge in [-0.15, -0.1) is 0 Å². The van der Waals surface area contributed by atoms with Gasteiger partial charge in [0.25, 0.3) is 11.8 Å². The highest BCUT2D eigenvalue weighted by atomic mass is 16.2. The molecule has 0 aromatic heterocycles. The Hall–Kier alpha value is -3.44. The van der Waals surface area contributed by atoms with Crippen LogP contribution in [0.25, 0.3) is 0 Å². The summed E-state index contributed by atoms with van der Waals surface area (Å²) < 4.78 is 0. The summed E-state index contributed by atoms with van der Waals surface area (Å²) in [6.45, 7) is 2.31. The van der Waals surface area contributed by atoms with Gasteiger partial charge in [0, 0.05) is 17.2 Å². The molecule has 1 aliphatic carbocycles. The second-order valence-electron chi connectivity index (χ2n) is 8.08. The minimum Gasteiger partial charge on any atom is -0.349 e. The molecule has 0 unspecified atom stereocenters. The van der Waals surface area contributed by atoms with Crippen molar-refractivity contribution in [3.05, 3.63) is 101 Å². The van der Waals surface area contributed by atoms with Gasteiger partial charge in [-0.3, -0.25) is 9.59 Å². The fourth-order valence-electron chi connectivity index (χ4n) is 3.61. The molecule has 5 nitrogen and oxygen atoms in total. The quantitative estimate of drug-likeness (QED) is 0.530. The van der Waals surface area contributed by atoms with E-state index in [1.165, 1.54) is 5.56 Å². The summed E-state index contributed by atoms with van der Waals surface area (Å²) >= 11 is 0. The molecule has 5 heteroatoms. The Balaban J connectivity index is 1.45. The molecule has 0 saturated heterocycles. The van der Waals surface area contributed by atoms with Crippen molar-refractivity contribution in [2.45, 2.75) is 31.8 Å². The number of benzene rings is 3. The van der Waals surface area contributed by atoms with Crippen molar-refractivity contribution in [3.8, 4) is 0 Å². The molecule has 1 fully saturated rings. The van der Waals surface area contributed by atoms with Crippen LogP contribution in [0.4, 0.5) is 5.69 Å². The zero-order valence-electron chi connectivity index (χ0n) is 17.7. The molecule has 3 aromatic carbocycles. The van der Waals surface area contributed by atoms with Crippen LogP contribution in [-0.4, -0.2) is 24.4 Å². The van der Waals surface area contributed by atoms with Crippen LogP contribution in [0.3, 0.4) is 0 Å². The van der Waals surface area contributed by atoms with Gasteiger partial charge in [-0.2, -0.15) is 0 Å². The summed E-state index contributed by atoms with van der Waals surface area (Å²) in [7, 11) is 0. The topological polar surface area (TPSA) is 74.8 Å². The number of para-hydroxylation sites is 1. The maximum atomic E-state index is 12.8. The number of carbonyl (C=O) groups excluding carboxylic acids is 2. The van der Waals surface area contributed by atoms with Gasteiger partial charge in [0.1, 0.15) is 6.04 Å². The highest BCUT2D eigenvalue weighted by Gasteiger charge is 2.25. The SMILES string of the molecule is Cc1ccc([C@@H]([NH2+]CC(=O)Nc2ccccc2C(=O)NC2CC2)c2ccccc2)cc1. The van der Waals surface area contributed by atoms with Crippen molar-refractivity contribution < 1.29 is 14.9 Å². The van der Waals surface area contributed by atoms with Crippen LogP contribution in [-0.2, 0) is 4.79 Å². The summed E-state index contributed by atoms with van der Waals surface area (Å²) in [5.41, 5.74) is 4.54. The molecule has 1 aliphatic rings. The molecule has 3 aromatic rings. The molecule has 0 bridgehead atoms. The number of nitrogens with two attached hydrogens (primary N) is 1. The third-order valence-corrected chi connectivity index (χ3v) is 5.49. The van der Waals surface area contributed by atoms with E-state index in [1.807, 2.05) is 35.6 Å². The Morgan fingerprint density at radius 1 is 0.903 bits per heavy atom. The van der Waals surface area contributed by atoms with E-state index < -0.39 is 0 Å². The van der Waals surface area contributed by atoms with Gasteiger partial charge in [-0.25, -0.2) is 0 Å². The number of anilines is 1. The second-order valence-corrected chi connectivity index (χ2v) is 8.08. The number of carbonyl (C=O) groups is 2. The Labute approximate surface area is 182 Å². The van der Waals surface area contributed by atoms with Gasteiger partial charge in [-0.1, -0.05) is 72.3 Å². The third kappa shape index (κ3) is 5.58. The minimum absolute atomic E-state index is 0.0148. The smallest absolute Gasteiger partial charge is 0.279 e. The molecular weight excluding hydrogens is 386 g/mol. The summed E-state index contributed by atoms with van der Waals surface area (Å²) in [5, 5.41) is 7.93. The van der Waals surface area contributed by atoms with Gasteiger partial charge in [0.05, 0.1) is 11.3 Å². The van der Waals surface area contributed by atoms with Crippen LogP contribution in [0.5, 0.6) is 0 Å². The normalized spacial score (nSPS) is 14.0. The molecular formula is C26H28N3O2+. The number of hydrogen-bond acceptors (Lipinski definition) is 2. The van der Waals surface area contributed by atoms with E-state index in [9.17, 15) is 9.59 Å². The first-order chi connectivity index (χ1) is 15.1. The molecule has 4 N–H and O–H groups in total. The molecule has 1 saturated carbocycles. The second kappa shape index (κ2) is 9.58. The summed E-state index contributed by atoms with van der Waals surface area (Å²) in [6.07, 6.45) is 2.05. The first-order valence-electron chi connectivity index (χ1n) is 10.7. The van der Waals surface area contributed by atoms with Crippen LogP contribution < -0.4 is 16.0 Å². The number of nitrogens with one attached hydrogen (secondary N) is 2. The molecule has 158 valence electrons. The Kier molecular flexibility index (Phi) is 6.43. The van der Waals surface area contributed by atoms with Gasteiger partial charge in [-0.05, 0) is 31.9 Å². The average Bonchev–Trinajstić information content (AvgIpc) is 3.60. The van der Waals surface area contributed by atoms with Crippen LogP contribution >= 0.6 is 0 Å². The van der Waals surface area contributed by atoms with Gasteiger partial charge < -0.3 is 16.0 Å². The lowest BCUT2D eigenvalue weighted by molar-refractivity contribution is -0.676. The first-order valence-corrected chi connectivity index (χ1v) is 10.7. The van der Waals surface area contributed by atoms with Crippen molar-refractivity contribution in [1.29, 1.82) is 0 Å². The Morgan fingerprint density at radius 3 is 2.26 bits per heavy atom. The highest BCUT2D eigenvalue weighted by Crippen LogP contribution is 2.22. The minimum atomic E-state index is -0.139. The number of aryl methyl sites for hydroxylation is 1. The van der Waals surface area contributed by atoms with E-state index in [0.717, 1.165) is 24.0 Å². The van der Waals surface area contributed by atoms with Crippen molar-refractivity contribution >= 4 is 17.5 Å². The number of amides is 2. The Morgan fingerprint density at radius 2 is 1.55 bits per heavy atom. The van der Waals surface area contributed by atoms with E-state index in [4.69, 9.17) is 0 Å². The van der Waals surface area contributed by atoms with Crippen LogP contribution in [0.1, 0.15) is 45.9 Å². The lowest BCUT2D eigenvalue weighted by Crippen LogP contribution is -2.87. The fourth-order valence-corrected chi connectivity index (χ4v) is 3.61. The van der Waals surface area contributed by atoms with Crippen molar-refractivity contribution in [3.63, 3.8) is 0 Å². The van der Waals surface area contributed by atoms with Crippen LogP contribution in [0.15, 0.2) is 78.9 Å². The molecule has 2 amide bonds. The van der Waals surface area contributed by atoms with Crippen molar-refractivity contribution in [2.75, 3.05) is 11.9 Å². The van der Waals surface area contributed by atoms with Gasteiger partial charge >= 0.3 is 0 Å². The van der Waals surface area contributed by atoms with E-state index in [-0.39, 0.29) is 30.4 Å². The highest BCUT2D eigenvalue weighted by molar-refractivity contribution is 6.04. The first kappa shape index (κ1) is 20.8. The van der Waals surface area contributed by atoms with E-state index >= 15 is 0 Å². The maximum Gasteiger partial charge on any atom is 0.279 e. The largest absolute Gasteiger partial charge is 0.349 e. The van der Waals surface area contributed by atoms with E-state index in [2.05, 4.69) is 54.0 Å². The molecule has 31 heavy (non-hydrogen) atoms. The lowest BCUT2D eigenvalue weighted by atomic mass is 9.98. The fraction of sp³-hybridized carbons (Fsp3) is 0.231. The van der Waals surface area contributed by atoms with Gasteiger partial charge in [0.2, 0.25) is 0 Å². The van der Waals surface area contributed by atoms with E-state index in [1.54, 1.807) is 12.1 Å². The predicted molar refractivity (Wildman–Crippen MR) is 122 cm³/mol. The van der Waals surface area contributed by atoms with Crippen molar-refractivity contribution in [2.24, 2.45) is 0 Å². The molecule has 0 spiro atoms. The zero-order valence-corrected chi connectivity index (χ0v) is 17.7. The van der Waals surface area contributed by atoms with Crippen molar-refractivity contribution in [1.82, 2.24) is 5.32 Å². The number of rotatable bonds is 8. The van der Waals surface area contributed by atoms with E-state index in [0.29, 0.717) is 11.3 Å². The molecule has 0 radical (unpaired) electrons. The monoisotopic (exact) mass is 414 g/mol. The summed E-state index contributed by atoms with van der Waals surface area (Å²) in [4.78, 5) is 25.3. The average molecular weight is 415 g/mol. The summed E-state index contributed by atoms with van der Waals surface area (Å²) in [5.74, 6) is -0.274. The number of quaternary nitrogens is 1. The molecule has 0 heterocycles. The number of hydrogen-bond donors (Lipinski definition) is 3. The van der Waals surface area contributed by atoms with Crippen LogP contribution in [0, 0.1) is 6.92 Å². The molecule has 0 aliphatic heterocycles. The predicted octanol–water partition coefficient (Wildman–Crippen LogP) is 3.18. The summed E-state index contributed by atoms with van der Waals surface area (Å²) in [6, 6.07) is 26.0. The Bertz CT molecular complexity index is 1040. The van der Waals surface area contributed by atoms with Gasteiger partial charge in [0.15, 0.2) is 6.54 Å². The molecule has 1 atom stereocenters.